The quantitative estimate of drug-likeness (QED) is 0.817. The van der Waals surface area contributed by atoms with Gasteiger partial charge in [-0.05, 0) is 31.7 Å². The van der Waals surface area contributed by atoms with Crippen LogP contribution in [0.4, 0.5) is 13.2 Å². The van der Waals surface area contributed by atoms with Crippen LogP contribution < -0.4 is 0 Å². The molecule has 1 fully saturated rings. The fraction of sp³-hybridized carbons (Fsp3) is 0.900. The number of hydrogen-bond donors (Lipinski definition) is 1. The third-order valence-electron chi connectivity index (χ3n) is 2.77. The van der Waals surface area contributed by atoms with E-state index in [9.17, 15) is 18.0 Å². The summed E-state index contributed by atoms with van der Waals surface area (Å²) in [6, 6.07) is 0. The van der Waals surface area contributed by atoms with Gasteiger partial charge >= 0.3 is 12.1 Å². The van der Waals surface area contributed by atoms with E-state index in [2.05, 4.69) is 0 Å². The van der Waals surface area contributed by atoms with Gasteiger partial charge in [0, 0.05) is 13.0 Å². The maximum absolute atomic E-state index is 12.1. The van der Waals surface area contributed by atoms with E-state index in [1.165, 1.54) is 4.90 Å². The van der Waals surface area contributed by atoms with Crippen molar-refractivity contribution in [2.24, 2.45) is 5.92 Å². The zero-order chi connectivity index (χ0) is 12.2. The number of aliphatic carboxylic acids is 1. The van der Waals surface area contributed by atoms with Gasteiger partial charge in [-0.3, -0.25) is 9.69 Å². The Morgan fingerprint density at radius 3 is 2.69 bits per heavy atom. The van der Waals surface area contributed by atoms with Crippen LogP contribution in [0.3, 0.4) is 0 Å². The molecule has 1 atom stereocenters. The van der Waals surface area contributed by atoms with Crippen LogP contribution in [0, 0.1) is 5.92 Å². The lowest BCUT2D eigenvalue weighted by atomic mass is 9.93. The first-order valence-electron chi connectivity index (χ1n) is 5.38. The summed E-state index contributed by atoms with van der Waals surface area (Å²) in [6.07, 6.45) is -2.08. The minimum Gasteiger partial charge on any atom is -0.481 e. The number of likely N-dealkylation sites (tertiary alicyclic amines) is 1. The molecule has 0 bridgehead atoms. The highest BCUT2D eigenvalue weighted by atomic mass is 19.4. The molecule has 94 valence electrons. The second kappa shape index (κ2) is 5.52. The molecule has 1 unspecified atom stereocenters. The molecular formula is C10H16F3NO2. The second-order valence-electron chi connectivity index (χ2n) is 4.29. The molecule has 0 aromatic carbocycles. The Hall–Kier alpha value is -0.780. The van der Waals surface area contributed by atoms with Crippen molar-refractivity contribution in [1.82, 2.24) is 4.90 Å². The number of alkyl halides is 3. The normalized spacial score (nSPS) is 23.3. The van der Waals surface area contributed by atoms with Crippen molar-refractivity contribution < 1.29 is 23.1 Å². The van der Waals surface area contributed by atoms with E-state index >= 15 is 0 Å². The van der Waals surface area contributed by atoms with Crippen LogP contribution in [-0.2, 0) is 4.79 Å². The lowest BCUT2D eigenvalue weighted by Crippen LogP contribution is -2.41. The van der Waals surface area contributed by atoms with E-state index in [0.717, 1.165) is 12.8 Å². The average Bonchev–Trinajstić information content (AvgIpc) is 2.12. The van der Waals surface area contributed by atoms with Gasteiger partial charge < -0.3 is 5.11 Å². The summed E-state index contributed by atoms with van der Waals surface area (Å²) < 4.78 is 36.4. The summed E-state index contributed by atoms with van der Waals surface area (Å²) in [5.41, 5.74) is 0. The summed E-state index contributed by atoms with van der Waals surface area (Å²) in [6.45, 7) is -0.0492. The molecule has 0 amide bonds. The van der Waals surface area contributed by atoms with Gasteiger partial charge in [0.15, 0.2) is 0 Å². The predicted octanol–water partition coefficient (Wildman–Crippen LogP) is 2.13. The second-order valence-corrected chi connectivity index (χ2v) is 4.29. The van der Waals surface area contributed by atoms with Crippen molar-refractivity contribution in [3.05, 3.63) is 0 Å². The summed E-state index contributed by atoms with van der Waals surface area (Å²) in [7, 11) is 0. The van der Waals surface area contributed by atoms with Crippen molar-refractivity contribution in [2.45, 2.75) is 31.9 Å². The average molecular weight is 239 g/mol. The lowest BCUT2D eigenvalue weighted by Gasteiger charge is -2.32. The van der Waals surface area contributed by atoms with Gasteiger partial charge in [0.1, 0.15) is 0 Å². The van der Waals surface area contributed by atoms with E-state index in [0.29, 0.717) is 19.5 Å². The van der Waals surface area contributed by atoms with E-state index in [-0.39, 0.29) is 12.3 Å². The number of nitrogens with zero attached hydrogens (tertiary/aromatic N) is 1. The highest BCUT2D eigenvalue weighted by Crippen LogP contribution is 2.24. The number of halogens is 3. The van der Waals surface area contributed by atoms with Gasteiger partial charge in [-0.2, -0.15) is 13.2 Å². The molecule has 3 nitrogen and oxygen atoms in total. The SMILES string of the molecule is O=C(O)CCC1CCCN(CC(F)(F)F)C1. The maximum atomic E-state index is 12.1. The highest BCUT2D eigenvalue weighted by molar-refractivity contribution is 5.66. The summed E-state index contributed by atoms with van der Waals surface area (Å²) in [5.74, 6) is -0.792. The van der Waals surface area contributed by atoms with Crippen molar-refractivity contribution >= 4 is 5.97 Å². The monoisotopic (exact) mass is 239 g/mol. The molecule has 0 radical (unpaired) electrons. The van der Waals surface area contributed by atoms with Crippen LogP contribution in [0.2, 0.25) is 0 Å². The fourth-order valence-electron chi connectivity index (χ4n) is 2.11. The van der Waals surface area contributed by atoms with Gasteiger partial charge in [-0.1, -0.05) is 0 Å². The Labute approximate surface area is 92.2 Å². The van der Waals surface area contributed by atoms with Gasteiger partial charge in [-0.25, -0.2) is 0 Å². The zero-order valence-electron chi connectivity index (χ0n) is 8.96. The molecule has 0 aromatic heterocycles. The fourth-order valence-corrected chi connectivity index (χ4v) is 2.11. The van der Waals surface area contributed by atoms with Crippen LogP contribution in [0.15, 0.2) is 0 Å². The van der Waals surface area contributed by atoms with Crippen molar-refractivity contribution in [1.29, 1.82) is 0 Å². The Bertz CT molecular complexity index is 243. The Morgan fingerprint density at radius 1 is 1.44 bits per heavy atom. The maximum Gasteiger partial charge on any atom is 0.401 e. The van der Waals surface area contributed by atoms with E-state index in [1.54, 1.807) is 0 Å². The molecule has 1 N–H and O–H groups in total. The topological polar surface area (TPSA) is 40.5 Å². The third-order valence-corrected chi connectivity index (χ3v) is 2.77. The molecule has 6 heteroatoms. The summed E-state index contributed by atoms with van der Waals surface area (Å²) >= 11 is 0. The molecule has 0 spiro atoms. The molecule has 1 aliphatic heterocycles. The zero-order valence-corrected chi connectivity index (χ0v) is 8.96. The Morgan fingerprint density at radius 2 is 2.12 bits per heavy atom. The van der Waals surface area contributed by atoms with E-state index in [4.69, 9.17) is 5.11 Å². The first-order chi connectivity index (χ1) is 7.37. The molecule has 1 aliphatic rings. The van der Waals surface area contributed by atoms with Crippen LogP contribution in [-0.4, -0.2) is 41.8 Å². The van der Waals surface area contributed by atoms with E-state index < -0.39 is 18.7 Å². The van der Waals surface area contributed by atoms with Crippen LogP contribution in [0.1, 0.15) is 25.7 Å². The van der Waals surface area contributed by atoms with Crippen LogP contribution >= 0.6 is 0 Å². The number of carboxylic acids is 1. The van der Waals surface area contributed by atoms with Gasteiger partial charge in [0.05, 0.1) is 6.54 Å². The highest BCUT2D eigenvalue weighted by Gasteiger charge is 2.32. The summed E-state index contributed by atoms with van der Waals surface area (Å²) in [5, 5.41) is 8.50. The van der Waals surface area contributed by atoms with Crippen LogP contribution in [0.5, 0.6) is 0 Å². The van der Waals surface area contributed by atoms with Crippen molar-refractivity contribution in [2.75, 3.05) is 19.6 Å². The lowest BCUT2D eigenvalue weighted by molar-refractivity contribution is -0.150. The number of carbonyl (C=O) groups is 1. The number of carboxylic acid groups (broad SMARTS) is 1. The smallest absolute Gasteiger partial charge is 0.401 e. The van der Waals surface area contributed by atoms with E-state index in [1.807, 2.05) is 0 Å². The summed E-state index contributed by atoms with van der Waals surface area (Å²) in [4.78, 5) is 11.7. The van der Waals surface area contributed by atoms with Crippen LogP contribution in [0.25, 0.3) is 0 Å². The number of rotatable bonds is 4. The standard InChI is InChI=1S/C10H16F3NO2/c11-10(12,13)7-14-5-1-2-8(6-14)3-4-9(15)16/h8H,1-7H2,(H,15,16). The predicted molar refractivity (Wildman–Crippen MR) is 52.1 cm³/mol. The molecular weight excluding hydrogens is 223 g/mol. The molecule has 1 heterocycles. The number of piperidine rings is 1. The Kier molecular flexibility index (Phi) is 4.58. The third kappa shape index (κ3) is 5.34. The molecule has 0 aromatic rings. The molecule has 0 saturated carbocycles. The molecule has 1 saturated heterocycles. The Balaban J connectivity index is 2.32. The first kappa shape index (κ1) is 13.3. The minimum absolute atomic E-state index is 0.0462. The van der Waals surface area contributed by atoms with Crippen molar-refractivity contribution in [3.63, 3.8) is 0 Å². The largest absolute Gasteiger partial charge is 0.481 e. The molecule has 16 heavy (non-hydrogen) atoms. The molecule has 1 rings (SSSR count). The molecule has 0 aliphatic carbocycles. The van der Waals surface area contributed by atoms with Gasteiger partial charge in [0.25, 0.3) is 0 Å². The number of hydrogen-bond acceptors (Lipinski definition) is 2. The minimum atomic E-state index is -4.16. The first-order valence-corrected chi connectivity index (χ1v) is 5.38. The van der Waals surface area contributed by atoms with Gasteiger partial charge in [-0.15, -0.1) is 0 Å². The van der Waals surface area contributed by atoms with Gasteiger partial charge in [0.2, 0.25) is 0 Å². The van der Waals surface area contributed by atoms with Crippen molar-refractivity contribution in [3.8, 4) is 0 Å².